The van der Waals surface area contributed by atoms with Gasteiger partial charge in [0.05, 0.1) is 25.7 Å². The van der Waals surface area contributed by atoms with Crippen molar-refractivity contribution in [2.75, 3.05) is 53.5 Å². The average Bonchev–Trinajstić information content (AvgIpc) is 2.74. The van der Waals surface area contributed by atoms with Gasteiger partial charge in [0, 0.05) is 38.3 Å². The molecule has 2 aliphatic heterocycles. The Morgan fingerprint density at radius 2 is 1.72 bits per heavy atom. The Morgan fingerprint density at radius 1 is 1.03 bits per heavy atom. The first-order valence-electron chi connectivity index (χ1n) is 10.1. The maximum absolute atomic E-state index is 13.0. The molecule has 9 heteroatoms. The number of sulfonamides is 1. The molecule has 162 valence electrons. The van der Waals surface area contributed by atoms with Gasteiger partial charge in [-0.15, -0.1) is 0 Å². The van der Waals surface area contributed by atoms with Crippen molar-refractivity contribution in [2.24, 2.45) is 0 Å². The summed E-state index contributed by atoms with van der Waals surface area (Å²) in [5.41, 5.74) is 0. The van der Waals surface area contributed by atoms with Crippen LogP contribution < -0.4 is 9.47 Å². The molecule has 0 aliphatic carbocycles. The topological polar surface area (TPSA) is 79.4 Å². The number of rotatable bonds is 6. The zero-order valence-electron chi connectivity index (χ0n) is 17.5. The molecule has 1 amide bonds. The van der Waals surface area contributed by atoms with Crippen LogP contribution in [-0.4, -0.2) is 88.0 Å². The first kappa shape index (κ1) is 21.9. The number of hydrogen-bond donors (Lipinski definition) is 0. The molecule has 0 unspecified atom stereocenters. The standard InChI is InChI=1S/C20H31N3O5S/c1-16-6-4-5-9-22(16)15-20(24)21-10-12-23(13-11-21)29(25,26)17-7-8-18(27-2)19(14-17)28-3/h7-8,14,16H,4-6,9-13,15H2,1-3H3/t16-/m0/s1. The van der Waals surface area contributed by atoms with Gasteiger partial charge in [-0.3, -0.25) is 9.69 Å². The lowest BCUT2D eigenvalue weighted by Gasteiger charge is -2.37. The Bertz CT molecular complexity index is 821. The highest BCUT2D eigenvalue weighted by Crippen LogP contribution is 2.31. The molecular formula is C20H31N3O5S. The van der Waals surface area contributed by atoms with Crippen molar-refractivity contribution in [1.29, 1.82) is 0 Å². The maximum atomic E-state index is 13.0. The Morgan fingerprint density at radius 3 is 2.34 bits per heavy atom. The van der Waals surface area contributed by atoms with E-state index in [1.807, 2.05) is 0 Å². The number of ether oxygens (including phenoxy) is 2. The minimum absolute atomic E-state index is 0.0851. The van der Waals surface area contributed by atoms with Crippen molar-refractivity contribution in [3.05, 3.63) is 18.2 Å². The van der Waals surface area contributed by atoms with Crippen molar-refractivity contribution in [1.82, 2.24) is 14.1 Å². The summed E-state index contributed by atoms with van der Waals surface area (Å²) >= 11 is 0. The van der Waals surface area contributed by atoms with Crippen molar-refractivity contribution < 1.29 is 22.7 Å². The van der Waals surface area contributed by atoms with Gasteiger partial charge in [-0.2, -0.15) is 4.31 Å². The number of piperazine rings is 1. The van der Waals surface area contributed by atoms with E-state index in [0.717, 1.165) is 19.4 Å². The van der Waals surface area contributed by atoms with E-state index in [2.05, 4.69) is 11.8 Å². The normalized spacial score (nSPS) is 21.8. The lowest BCUT2D eigenvalue weighted by molar-refractivity contribution is -0.134. The first-order valence-corrected chi connectivity index (χ1v) is 11.5. The van der Waals surface area contributed by atoms with E-state index in [9.17, 15) is 13.2 Å². The molecule has 0 bridgehead atoms. The van der Waals surface area contributed by atoms with Gasteiger partial charge in [0.25, 0.3) is 0 Å². The summed E-state index contributed by atoms with van der Waals surface area (Å²) in [6.45, 7) is 4.95. The summed E-state index contributed by atoms with van der Waals surface area (Å²) in [5, 5.41) is 0. The van der Waals surface area contributed by atoms with E-state index in [-0.39, 0.29) is 23.9 Å². The lowest BCUT2D eigenvalue weighted by atomic mass is 10.0. The quantitative estimate of drug-likeness (QED) is 0.686. The number of piperidine rings is 1. The van der Waals surface area contributed by atoms with Crippen molar-refractivity contribution >= 4 is 15.9 Å². The molecule has 3 rings (SSSR count). The minimum atomic E-state index is -3.66. The van der Waals surface area contributed by atoms with Gasteiger partial charge in [0.2, 0.25) is 15.9 Å². The third kappa shape index (κ3) is 4.84. The first-order chi connectivity index (χ1) is 13.9. The Balaban J connectivity index is 1.61. The second-order valence-corrected chi connectivity index (χ2v) is 9.55. The number of carbonyl (C=O) groups excluding carboxylic acids is 1. The number of carbonyl (C=O) groups is 1. The van der Waals surface area contributed by atoms with Crippen LogP contribution >= 0.6 is 0 Å². The molecule has 8 nitrogen and oxygen atoms in total. The van der Waals surface area contributed by atoms with Crippen LogP contribution in [0.25, 0.3) is 0 Å². The molecule has 0 saturated carbocycles. The molecule has 0 spiro atoms. The van der Waals surface area contributed by atoms with E-state index in [1.54, 1.807) is 11.0 Å². The number of hydrogen-bond acceptors (Lipinski definition) is 6. The van der Waals surface area contributed by atoms with Crippen LogP contribution in [0, 0.1) is 0 Å². The van der Waals surface area contributed by atoms with Crippen LogP contribution in [0.5, 0.6) is 11.5 Å². The molecule has 1 atom stereocenters. The van der Waals surface area contributed by atoms with E-state index in [4.69, 9.17) is 9.47 Å². The minimum Gasteiger partial charge on any atom is -0.493 e. The number of nitrogens with zero attached hydrogens (tertiary/aromatic N) is 3. The van der Waals surface area contributed by atoms with E-state index in [0.29, 0.717) is 37.2 Å². The Kier molecular flexibility index (Phi) is 7.02. The molecule has 2 fully saturated rings. The molecule has 0 N–H and O–H groups in total. The van der Waals surface area contributed by atoms with Crippen LogP contribution in [0.2, 0.25) is 0 Å². The third-order valence-corrected chi connectivity index (χ3v) is 7.76. The van der Waals surface area contributed by atoms with Crippen LogP contribution in [0.1, 0.15) is 26.2 Å². The van der Waals surface area contributed by atoms with Crippen molar-refractivity contribution in [2.45, 2.75) is 37.1 Å². The molecule has 1 aromatic rings. The fourth-order valence-electron chi connectivity index (χ4n) is 3.97. The molecule has 1 aromatic carbocycles. The SMILES string of the molecule is COc1ccc(S(=O)(=O)N2CCN(C(=O)CN3CCCC[C@@H]3C)CC2)cc1OC. The molecule has 2 heterocycles. The zero-order chi connectivity index (χ0) is 21.0. The number of methoxy groups -OCH3 is 2. The molecule has 2 aliphatic rings. The predicted octanol–water partition coefficient (Wildman–Crippen LogP) is 1.41. The molecule has 2 saturated heterocycles. The number of benzene rings is 1. The van der Waals surface area contributed by atoms with Crippen molar-refractivity contribution in [3.63, 3.8) is 0 Å². The van der Waals surface area contributed by atoms with Gasteiger partial charge in [-0.25, -0.2) is 8.42 Å². The monoisotopic (exact) mass is 425 g/mol. The van der Waals surface area contributed by atoms with Crippen molar-refractivity contribution in [3.8, 4) is 11.5 Å². The maximum Gasteiger partial charge on any atom is 0.243 e. The molecule has 0 aromatic heterocycles. The Hall–Kier alpha value is -1.84. The largest absolute Gasteiger partial charge is 0.493 e. The zero-order valence-corrected chi connectivity index (χ0v) is 18.3. The van der Waals surface area contributed by atoms with Gasteiger partial charge < -0.3 is 14.4 Å². The van der Waals surface area contributed by atoms with Gasteiger partial charge in [-0.05, 0) is 38.4 Å². The van der Waals surface area contributed by atoms with E-state index >= 15 is 0 Å². The number of amides is 1. The summed E-state index contributed by atoms with van der Waals surface area (Å²) in [4.78, 5) is 16.9. The fourth-order valence-corrected chi connectivity index (χ4v) is 5.41. The molecule has 0 radical (unpaired) electrons. The van der Waals surface area contributed by atoms with Crippen LogP contribution in [-0.2, 0) is 14.8 Å². The fraction of sp³-hybridized carbons (Fsp3) is 0.650. The van der Waals surface area contributed by atoms with Gasteiger partial charge in [0.1, 0.15) is 0 Å². The summed E-state index contributed by atoms with van der Waals surface area (Å²) < 4.78 is 37.9. The second kappa shape index (κ2) is 9.32. The molecular weight excluding hydrogens is 394 g/mol. The highest BCUT2D eigenvalue weighted by molar-refractivity contribution is 7.89. The molecule has 29 heavy (non-hydrogen) atoms. The smallest absolute Gasteiger partial charge is 0.243 e. The summed E-state index contributed by atoms with van der Waals surface area (Å²) in [5.74, 6) is 0.939. The van der Waals surface area contributed by atoms with E-state index < -0.39 is 10.0 Å². The second-order valence-electron chi connectivity index (χ2n) is 7.62. The highest BCUT2D eigenvalue weighted by Gasteiger charge is 2.31. The summed E-state index contributed by atoms with van der Waals surface area (Å²) in [6.07, 6.45) is 3.48. The van der Waals surface area contributed by atoms with Crippen LogP contribution in [0.4, 0.5) is 0 Å². The third-order valence-electron chi connectivity index (χ3n) is 5.86. The average molecular weight is 426 g/mol. The predicted molar refractivity (Wildman–Crippen MR) is 110 cm³/mol. The van der Waals surface area contributed by atoms with Gasteiger partial charge >= 0.3 is 0 Å². The summed E-state index contributed by atoms with van der Waals surface area (Å²) in [6, 6.07) is 5.01. The van der Waals surface area contributed by atoms with Gasteiger partial charge in [0.15, 0.2) is 11.5 Å². The Labute approximate surface area is 173 Å². The van der Waals surface area contributed by atoms with Gasteiger partial charge in [-0.1, -0.05) is 6.42 Å². The highest BCUT2D eigenvalue weighted by atomic mass is 32.2. The number of likely N-dealkylation sites (tertiary alicyclic amines) is 1. The van der Waals surface area contributed by atoms with Crippen LogP contribution in [0.3, 0.4) is 0 Å². The summed E-state index contributed by atoms with van der Waals surface area (Å²) in [7, 11) is -0.674. The van der Waals surface area contributed by atoms with Crippen LogP contribution in [0.15, 0.2) is 23.1 Å². The lowest BCUT2D eigenvalue weighted by Crippen LogP contribution is -2.53. The van der Waals surface area contributed by atoms with E-state index in [1.165, 1.54) is 37.1 Å².